The highest BCUT2D eigenvalue weighted by molar-refractivity contribution is 7.91. The smallest absolute Gasteiger partial charge is 0.336 e. The van der Waals surface area contributed by atoms with Gasteiger partial charge in [0, 0.05) is 19.0 Å². The molecule has 0 bridgehead atoms. The Hall–Kier alpha value is -0.960. The number of carbonyl (C=O) groups is 1. The first-order valence-electron chi connectivity index (χ1n) is 4.71. The van der Waals surface area contributed by atoms with Crippen LogP contribution in [0.25, 0.3) is 0 Å². The van der Waals surface area contributed by atoms with E-state index in [2.05, 4.69) is 4.72 Å². The van der Waals surface area contributed by atoms with Crippen molar-refractivity contribution in [3.8, 4) is 0 Å². The Kier molecular flexibility index (Phi) is 4.63. The molecule has 0 fully saturated rings. The lowest BCUT2D eigenvalue weighted by Crippen LogP contribution is -2.31. The van der Waals surface area contributed by atoms with Crippen LogP contribution in [0.2, 0.25) is 0 Å². The quantitative estimate of drug-likeness (QED) is 0.802. The van der Waals surface area contributed by atoms with Crippen molar-refractivity contribution in [1.82, 2.24) is 4.72 Å². The minimum atomic E-state index is -3.65. The third-order valence-corrected chi connectivity index (χ3v) is 4.91. The lowest BCUT2D eigenvalue weighted by molar-refractivity contribution is 0.0697. The van der Waals surface area contributed by atoms with Crippen molar-refractivity contribution in [3.05, 3.63) is 17.0 Å². The van der Waals surface area contributed by atoms with E-state index >= 15 is 0 Å². The number of methoxy groups -OCH3 is 1. The van der Waals surface area contributed by atoms with E-state index in [1.54, 1.807) is 6.92 Å². The summed E-state index contributed by atoms with van der Waals surface area (Å²) in [6.07, 6.45) is -0.247. The fourth-order valence-electron chi connectivity index (χ4n) is 0.951. The Labute approximate surface area is 103 Å². The molecule has 1 atom stereocenters. The summed E-state index contributed by atoms with van der Waals surface area (Å²) in [5, 5.41) is 9.98. The van der Waals surface area contributed by atoms with Crippen LogP contribution >= 0.6 is 11.3 Å². The van der Waals surface area contributed by atoms with Crippen molar-refractivity contribution in [1.29, 1.82) is 0 Å². The number of hydrogen-bond donors (Lipinski definition) is 2. The number of hydrogen-bond acceptors (Lipinski definition) is 5. The van der Waals surface area contributed by atoms with E-state index in [9.17, 15) is 13.2 Å². The molecule has 17 heavy (non-hydrogen) atoms. The summed E-state index contributed by atoms with van der Waals surface area (Å²) in [6, 6.07) is 1.13. The standard InChI is InChI=1S/C9H13NO5S2/c1-6(15-2)4-10-17(13,14)8-3-7(5-16-8)9(11)12/h3,5-6,10H,4H2,1-2H3,(H,11,12). The van der Waals surface area contributed by atoms with Crippen molar-refractivity contribution >= 4 is 27.3 Å². The minimum absolute atomic E-state index is 0.0156. The van der Waals surface area contributed by atoms with Crippen LogP contribution in [0.15, 0.2) is 15.7 Å². The van der Waals surface area contributed by atoms with E-state index in [1.165, 1.54) is 12.5 Å². The second kappa shape index (κ2) is 5.58. The molecule has 96 valence electrons. The van der Waals surface area contributed by atoms with Crippen LogP contribution in [-0.2, 0) is 14.8 Å². The average molecular weight is 279 g/mol. The summed E-state index contributed by atoms with van der Waals surface area (Å²) < 4.78 is 30.7. The third-order valence-electron chi connectivity index (χ3n) is 2.05. The van der Waals surface area contributed by atoms with Gasteiger partial charge < -0.3 is 9.84 Å². The van der Waals surface area contributed by atoms with Crippen LogP contribution in [0, 0.1) is 0 Å². The number of carboxylic acids is 1. The van der Waals surface area contributed by atoms with Crippen molar-refractivity contribution in [2.24, 2.45) is 0 Å². The zero-order chi connectivity index (χ0) is 13.1. The van der Waals surface area contributed by atoms with Gasteiger partial charge in [-0.25, -0.2) is 17.9 Å². The van der Waals surface area contributed by atoms with E-state index in [1.807, 2.05) is 0 Å². The molecule has 1 rings (SSSR count). The van der Waals surface area contributed by atoms with Gasteiger partial charge in [-0.2, -0.15) is 0 Å². The zero-order valence-electron chi connectivity index (χ0n) is 9.34. The van der Waals surface area contributed by atoms with Crippen LogP contribution in [0.3, 0.4) is 0 Å². The van der Waals surface area contributed by atoms with Gasteiger partial charge >= 0.3 is 5.97 Å². The summed E-state index contributed by atoms with van der Waals surface area (Å²) in [7, 11) is -2.17. The molecular weight excluding hydrogens is 266 g/mol. The highest BCUT2D eigenvalue weighted by atomic mass is 32.2. The lowest BCUT2D eigenvalue weighted by Gasteiger charge is -2.09. The molecule has 1 unspecified atom stereocenters. The van der Waals surface area contributed by atoms with Gasteiger partial charge in [0.15, 0.2) is 0 Å². The van der Waals surface area contributed by atoms with Crippen molar-refractivity contribution in [3.63, 3.8) is 0 Å². The van der Waals surface area contributed by atoms with Crippen LogP contribution in [-0.4, -0.2) is 39.3 Å². The maximum absolute atomic E-state index is 11.7. The number of aromatic carboxylic acids is 1. The van der Waals surface area contributed by atoms with E-state index in [4.69, 9.17) is 9.84 Å². The van der Waals surface area contributed by atoms with Crippen LogP contribution < -0.4 is 4.72 Å². The number of sulfonamides is 1. The Morgan fingerprint density at radius 1 is 1.65 bits per heavy atom. The zero-order valence-corrected chi connectivity index (χ0v) is 11.0. The Bertz CT molecular complexity index is 493. The van der Waals surface area contributed by atoms with E-state index in [0.717, 1.165) is 17.4 Å². The molecule has 1 aromatic heterocycles. The molecule has 0 aliphatic carbocycles. The van der Waals surface area contributed by atoms with Crippen LogP contribution in [0.4, 0.5) is 0 Å². The third kappa shape index (κ3) is 3.77. The van der Waals surface area contributed by atoms with Crippen LogP contribution in [0.1, 0.15) is 17.3 Å². The fourth-order valence-corrected chi connectivity index (χ4v) is 3.26. The van der Waals surface area contributed by atoms with E-state index < -0.39 is 16.0 Å². The molecule has 2 N–H and O–H groups in total. The first-order chi connectivity index (χ1) is 7.86. The fraction of sp³-hybridized carbons (Fsp3) is 0.444. The van der Waals surface area contributed by atoms with Crippen LogP contribution in [0.5, 0.6) is 0 Å². The van der Waals surface area contributed by atoms with Gasteiger partial charge in [0.1, 0.15) is 4.21 Å². The van der Waals surface area contributed by atoms with Crippen molar-refractivity contribution in [2.45, 2.75) is 17.2 Å². The molecule has 0 aliphatic heterocycles. The molecule has 6 nitrogen and oxygen atoms in total. The lowest BCUT2D eigenvalue weighted by atomic mass is 10.4. The molecule has 0 amide bonds. The Morgan fingerprint density at radius 3 is 2.76 bits per heavy atom. The SMILES string of the molecule is COC(C)CNS(=O)(=O)c1cc(C(=O)O)cs1. The van der Waals surface area contributed by atoms with E-state index in [0.29, 0.717) is 0 Å². The maximum atomic E-state index is 11.7. The predicted octanol–water partition coefficient (Wildman–Crippen LogP) is 0.760. The van der Waals surface area contributed by atoms with Crippen molar-refractivity contribution < 1.29 is 23.1 Å². The molecule has 0 aromatic carbocycles. The second-order valence-electron chi connectivity index (χ2n) is 3.36. The monoisotopic (exact) mass is 279 g/mol. The average Bonchev–Trinajstić information content (AvgIpc) is 2.76. The Morgan fingerprint density at radius 2 is 2.29 bits per heavy atom. The summed E-state index contributed by atoms with van der Waals surface area (Å²) >= 11 is 0.872. The Balaban J connectivity index is 2.79. The summed E-state index contributed by atoms with van der Waals surface area (Å²) in [5.74, 6) is -1.15. The second-order valence-corrected chi connectivity index (χ2v) is 6.26. The molecule has 8 heteroatoms. The summed E-state index contributed by atoms with van der Waals surface area (Å²) in [4.78, 5) is 10.6. The summed E-state index contributed by atoms with van der Waals surface area (Å²) in [5.41, 5.74) is -0.0323. The van der Waals surface area contributed by atoms with Crippen molar-refractivity contribution in [2.75, 3.05) is 13.7 Å². The molecule has 1 heterocycles. The molecular formula is C9H13NO5S2. The van der Waals surface area contributed by atoms with Gasteiger partial charge in [0.25, 0.3) is 0 Å². The van der Waals surface area contributed by atoms with Gasteiger partial charge in [0.05, 0.1) is 11.7 Å². The number of nitrogens with one attached hydrogen (secondary N) is 1. The molecule has 1 aromatic rings. The first kappa shape index (κ1) is 14.1. The normalized spacial score (nSPS) is 13.5. The molecule has 0 aliphatic rings. The number of carboxylic acid groups (broad SMARTS) is 1. The largest absolute Gasteiger partial charge is 0.478 e. The topological polar surface area (TPSA) is 92.7 Å². The van der Waals surface area contributed by atoms with Gasteiger partial charge in [-0.15, -0.1) is 11.3 Å². The highest BCUT2D eigenvalue weighted by Gasteiger charge is 2.19. The molecule has 0 radical (unpaired) electrons. The summed E-state index contributed by atoms with van der Waals surface area (Å²) in [6.45, 7) is 1.86. The number of rotatable bonds is 6. The number of thiophene rings is 1. The van der Waals surface area contributed by atoms with Gasteiger partial charge in [-0.05, 0) is 13.0 Å². The molecule has 0 spiro atoms. The first-order valence-corrected chi connectivity index (χ1v) is 7.07. The van der Waals surface area contributed by atoms with E-state index in [-0.39, 0.29) is 22.4 Å². The predicted molar refractivity (Wildman–Crippen MR) is 62.9 cm³/mol. The van der Waals surface area contributed by atoms with Gasteiger partial charge in [0.2, 0.25) is 10.0 Å². The molecule has 0 saturated heterocycles. The highest BCUT2D eigenvalue weighted by Crippen LogP contribution is 2.19. The maximum Gasteiger partial charge on any atom is 0.336 e. The minimum Gasteiger partial charge on any atom is -0.478 e. The molecule has 0 saturated carbocycles. The van der Waals surface area contributed by atoms with Gasteiger partial charge in [-0.3, -0.25) is 0 Å². The number of ether oxygens (including phenoxy) is 1. The van der Waals surface area contributed by atoms with Gasteiger partial charge in [-0.1, -0.05) is 0 Å².